The topological polar surface area (TPSA) is 96.1 Å². The highest BCUT2D eigenvalue weighted by molar-refractivity contribution is 6.39. The van der Waals surface area contributed by atoms with Crippen molar-refractivity contribution < 1.29 is 4.79 Å². The Morgan fingerprint density at radius 1 is 1.28 bits per heavy atom. The molecule has 0 aromatic heterocycles. The number of hydrogen-bond acceptors (Lipinski definition) is 4. The molecule has 25 heavy (non-hydrogen) atoms. The summed E-state index contributed by atoms with van der Waals surface area (Å²) < 4.78 is 0. The monoisotopic (exact) mass is 372 g/mol. The molecule has 0 fully saturated rings. The lowest BCUT2D eigenvalue weighted by atomic mass is 9.95. The molecule has 2 aromatic rings. The van der Waals surface area contributed by atoms with E-state index in [0.29, 0.717) is 39.1 Å². The van der Waals surface area contributed by atoms with Crippen LogP contribution in [0.15, 0.2) is 36.4 Å². The summed E-state index contributed by atoms with van der Waals surface area (Å²) in [7, 11) is 0. The number of hydrogen-bond donors (Lipinski definition) is 2. The first kappa shape index (κ1) is 17.2. The number of carbonyl (C=O) groups is 1. The SMILES string of the molecule is C=C(C#N)CN1Cc2c(-c3cc(Cl)c(N)c(Cl)c3)ccc(N)c2C1=O. The van der Waals surface area contributed by atoms with E-state index < -0.39 is 0 Å². The Bertz CT molecular complexity index is 939. The van der Waals surface area contributed by atoms with Crippen molar-refractivity contribution in [3.63, 3.8) is 0 Å². The van der Waals surface area contributed by atoms with Gasteiger partial charge in [-0.1, -0.05) is 35.8 Å². The molecule has 5 nitrogen and oxygen atoms in total. The number of nitriles is 1. The second-order valence-corrected chi connectivity index (χ2v) is 6.60. The summed E-state index contributed by atoms with van der Waals surface area (Å²) in [5.74, 6) is -0.224. The van der Waals surface area contributed by atoms with Crippen LogP contribution in [0.1, 0.15) is 15.9 Å². The standard InChI is InChI=1S/C18H14Cl2N4O/c1-9(6-21)7-24-8-12-11(2-3-15(22)16(12)18(24)25)10-4-13(19)17(23)14(20)5-10/h2-5H,1,7-8,22-23H2. The molecule has 0 saturated heterocycles. The molecule has 4 N–H and O–H groups in total. The minimum Gasteiger partial charge on any atom is -0.398 e. The van der Waals surface area contributed by atoms with E-state index in [1.807, 2.05) is 12.1 Å². The van der Waals surface area contributed by atoms with Crippen molar-refractivity contribution in [2.24, 2.45) is 0 Å². The van der Waals surface area contributed by atoms with Crippen LogP contribution in [0.2, 0.25) is 10.0 Å². The van der Waals surface area contributed by atoms with Crippen molar-refractivity contribution in [3.8, 4) is 17.2 Å². The third-order valence-electron chi connectivity index (χ3n) is 4.13. The number of nitrogens with zero attached hydrogens (tertiary/aromatic N) is 2. The molecule has 1 aliphatic rings. The summed E-state index contributed by atoms with van der Waals surface area (Å²) in [5.41, 5.74) is 15.6. The minimum atomic E-state index is -0.224. The minimum absolute atomic E-state index is 0.159. The number of halogens is 2. The smallest absolute Gasteiger partial charge is 0.256 e. The van der Waals surface area contributed by atoms with Gasteiger partial charge in [0.1, 0.15) is 0 Å². The fourth-order valence-corrected chi connectivity index (χ4v) is 3.39. The lowest BCUT2D eigenvalue weighted by Crippen LogP contribution is -2.26. The molecule has 0 aliphatic carbocycles. The molecule has 2 aromatic carbocycles. The molecular weight excluding hydrogens is 359 g/mol. The van der Waals surface area contributed by atoms with E-state index >= 15 is 0 Å². The van der Waals surface area contributed by atoms with E-state index in [4.69, 9.17) is 39.9 Å². The Kier molecular flexibility index (Phi) is 4.34. The maximum atomic E-state index is 12.7. The molecule has 126 valence electrons. The van der Waals surface area contributed by atoms with Crippen molar-refractivity contribution in [1.82, 2.24) is 4.90 Å². The van der Waals surface area contributed by atoms with Crippen LogP contribution in [0.25, 0.3) is 11.1 Å². The number of carbonyl (C=O) groups excluding carboxylic acids is 1. The molecule has 1 amide bonds. The van der Waals surface area contributed by atoms with Crippen LogP contribution < -0.4 is 11.5 Å². The van der Waals surface area contributed by atoms with Gasteiger partial charge >= 0.3 is 0 Å². The molecular formula is C18H14Cl2N4O. The highest BCUT2D eigenvalue weighted by Crippen LogP contribution is 2.39. The third-order valence-corrected chi connectivity index (χ3v) is 4.75. The van der Waals surface area contributed by atoms with Gasteiger partial charge in [0.05, 0.1) is 33.9 Å². The Morgan fingerprint density at radius 3 is 2.52 bits per heavy atom. The van der Waals surface area contributed by atoms with Gasteiger partial charge in [-0.3, -0.25) is 4.79 Å². The Labute approximate surface area is 155 Å². The van der Waals surface area contributed by atoms with Gasteiger partial charge in [-0.25, -0.2) is 0 Å². The molecule has 3 rings (SSSR count). The highest BCUT2D eigenvalue weighted by atomic mass is 35.5. The van der Waals surface area contributed by atoms with E-state index in [1.54, 1.807) is 18.2 Å². The van der Waals surface area contributed by atoms with Crippen molar-refractivity contribution in [2.75, 3.05) is 18.0 Å². The molecule has 0 atom stereocenters. The quantitative estimate of drug-likeness (QED) is 0.631. The van der Waals surface area contributed by atoms with E-state index in [1.165, 1.54) is 4.90 Å². The first-order valence-corrected chi connectivity index (χ1v) is 8.12. The maximum absolute atomic E-state index is 12.7. The van der Waals surface area contributed by atoms with E-state index in [9.17, 15) is 4.79 Å². The van der Waals surface area contributed by atoms with Crippen molar-refractivity contribution in [2.45, 2.75) is 6.54 Å². The summed E-state index contributed by atoms with van der Waals surface area (Å²) in [6.07, 6.45) is 0. The van der Waals surface area contributed by atoms with E-state index in [-0.39, 0.29) is 12.5 Å². The predicted molar refractivity (Wildman–Crippen MR) is 100 cm³/mol. The van der Waals surface area contributed by atoms with E-state index in [0.717, 1.165) is 16.7 Å². The first-order valence-electron chi connectivity index (χ1n) is 7.37. The largest absolute Gasteiger partial charge is 0.398 e. The fraction of sp³-hybridized carbons (Fsp3) is 0.111. The molecule has 0 saturated carbocycles. The molecule has 0 radical (unpaired) electrons. The Hall–Kier alpha value is -2.68. The second-order valence-electron chi connectivity index (χ2n) is 5.79. The second kappa shape index (κ2) is 6.32. The normalized spacial score (nSPS) is 12.8. The van der Waals surface area contributed by atoms with Crippen molar-refractivity contribution in [3.05, 3.63) is 57.6 Å². The average Bonchev–Trinajstić information content (AvgIpc) is 2.90. The number of rotatable bonds is 3. The summed E-state index contributed by atoms with van der Waals surface area (Å²) in [5, 5.41) is 9.60. The first-order chi connectivity index (χ1) is 11.8. The van der Waals surface area contributed by atoms with Gasteiger partial charge < -0.3 is 16.4 Å². The van der Waals surface area contributed by atoms with Gasteiger partial charge in [0.15, 0.2) is 0 Å². The fourth-order valence-electron chi connectivity index (χ4n) is 2.91. The van der Waals surface area contributed by atoms with Crippen LogP contribution in [0.3, 0.4) is 0 Å². The zero-order valence-corrected chi connectivity index (χ0v) is 14.7. The number of nitrogen functional groups attached to an aromatic ring is 2. The van der Waals surface area contributed by atoms with Gasteiger partial charge in [0, 0.05) is 17.8 Å². The third kappa shape index (κ3) is 2.91. The molecule has 1 aliphatic heterocycles. The summed E-state index contributed by atoms with van der Waals surface area (Å²) in [4.78, 5) is 14.2. The highest BCUT2D eigenvalue weighted by Gasteiger charge is 2.32. The summed E-state index contributed by atoms with van der Waals surface area (Å²) in [6, 6.07) is 8.86. The van der Waals surface area contributed by atoms with Crippen LogP contribution in [0, 0.1) is 11.3 Å². The zero-order valence-electron chi connectivity index (χ0n) is 13.1. The summed E-state index contributed by atoms with van der Waals surface area (Å²) in [6.45, 7) is 4.12. The van der Waals surface area contributed by atoms with Gasteiger partial charge in [0.2, 0.25) is 0 Å². The van der Waals surface area contributed by atoms with Crippen LogP contribution in [-0.4, -0.2) is 17.4 Å². The molecule has 7 heteroatoms. The molecule has 0 spiro atoms. The summed E-state index contributed by atoms with van der Waals surface area (Å²) >= 11 is 12.3. The van der Waals surface area contributed by atoms with Gasteiger partial charge in [-0.05, 0) is 34.9 Å². The zero-order chi connectivity index (χ0) is 18.3. The van der Waals surface area contributed by atoms with Crippen molar-refractivity contribution in [1.29, 1.82) is 5.26 Å². The Morgan fingerprint density at radius 2 is 1.92 bits per heavy atom. The lowest BCUT2D eigenvalue weighted by Gasteiger charge is -2.14. The van der Waals surface area contributed by atoms with Gasteiger partial charge in [-0.2, -0.15) is 5.26 Å². The van der Waals surface area contributed by atoms with Crippen LogP contribution in [0.4, 0.5) is 11.4 Å². The van der Waals surface area contributed by atoms with Gasteiger partial charge in [0.25, 0.3) is 5.91 Å². The molecule has 0 bridgehead atoms. The number of anilines is 2. The molecule has 0 unspecified atom stereocenters. The van der Waals surface area contributed by atoms with Crippen LogP contribution >= 0.6 is 23.2 Å². The number of nitrogens with two attached hydrogens (primary N) is 2. The van der Waals surface area contributed by atoms with Crippen LogP contribution in [0.5, 0.6) is 0 Å². The number of fused-ring (bicyclic) bond motifs is 1. The Balaban J connectivity index is 2.12. The average molecular weight is 373 g/mol. The van der Waals surface area contributed by atoms with Gasteiger partial charge in [-0.15, -0.1) is 0 Å². The van der Waals surface area contributed by atoms with Crippen LogP contribution in [-0.2, 0) is 6.54 Å². The lowest BCUT2D eigenvalue weighted by molar-refractivity contribution is 0.0795. The maximum Gasteiger partial charge on any atom is 0.256 e. The number of amides is 1. The van der Waals surface area contributed by atoms with Crippen molar-refractivity contribution >= 4 is 40.5 Å². The molecule has 1 heterocycles. The number of benzene rings is 2. The van der Waals surface area contributed by atoms with E-state index in [2.05, 4.69) is 6.58 Å². The predicted octanol–water partition coefficient (Wildman–Crippen LogP) is 3.86.